The van der Waals surface area contributed by atoms with Gasteiger partial charge in [-0.2, -0.15) is 0 Å². The summed E-state index contributed by atoms with van der Waals surface area (Å²) >= 11 is 0. The molecule has 0 aromatic heterocycles. The van der Waals surface area contributed by atoms with Crippen molar-refractivity contribution in [1.82, 2.24) is 10.2 Å². The maximum absolute atomic E-state index is 12.7. The molecule has 5 nitrogen and oxygen atoms in total. The van der Waals surface area contributed by atoms with Crippen molar-refractivity contribution in [3.8, 4) is 0 Å². The Morgan fingerprint density at radius 3 is 1.94 bits per heavy atom. The van der Waals surface area contributed by atoms with Gasteiger partial charge in [-0.25, -0.2) is 0 Å². The Kier molecular flexibility index (Phi) is 7.53. The van der Waals surface area contributed by atoms with Crippen molar-refractivity contribution in [2.75, 3.05) is 6.54 Å². The summed E-state index contributed by atoms with van der Waals surface area (Å²) in [5.74, 6) is -0.388. The van der Waals surface area contributed by atoms with Crippen LogP contribution >= 0.6 is 0 Å². The number of benzene rings is 3. The van der Waals surface area contributed by atoms with Gasteiger partial charge in [-0.15, -0.1) is 0 Å². The Morgan fingerprint density at radius 2 is 1.29 bits per heavy atom. The fraction of sp³-hybridized carbons (Fsp3) is 0.276. The van der Waals surface area contributed by atoms with Crippen LogP contribution < -0.4 is 5.32 Å². The van der Waals surface area contributed by atoms with Gasteiger partial charge in [0.2, 0.25) is 5.91 Å². The van der Waals surface area contributed by atoms with Crippen LogP contribution in [0.25, 0.3) is 0 Å². The van der Waals surface area contributed by atoms with Gasteiger partial charge in [-0.05, 0) is 43.0 Å². The zero-order valence-electron chi connectivity index (χ0n) is 19.5. The minimum atomic E-state index is -0.206. The third kappa shape index (κ3) is 5.42. The van der Waals surface area contributed by atoms with E-state index < -0.39 is 0 Å². The van der Waals surface area contributed by atoms with E-state index in [-0.39, 0.29) is 23.8 Å². The van der Waals surface area contributed by atoms with Gasteiger partial charge in [0.15, 0.2) is 0 Å². The molecule has 0 spiro atoms. The van der Waals surface area contributed by atoms with Crippen molar-refractivity contribution in [2.24, 2.45) is 0 Å². The lowest BCUT2D eigenvalue weighted by Gasteiger charge is -2.20. The van der Waals surface area contributed by atoms with Crippen LogP contribution in [0, 0.1) is 6.92 Å². The third-order valence-electron chi connectivity index (χ3n) is 6.26. The Hall–Kier alpha value is -3.73. The van der Waals surface area contributed by atoms with Crippen LogP contribution in [0.3, 0.4) is 0 Å². The number of carbonyl (C=O) groups is 3. The first kappa shape index (κ1) is 23.4. The predicted molar refractivity (Wildman–Crippen MR) is 133 cm³/mol. The third-order valence-corrected chi connectivity index (χ3v) is 6.26. The zero-order chi connectivity index (χ0) is 23.9. The molecule has 1 N–H and O–H groups in total. The van der Waals surface area contributed by atoms with Gasteiger partial charge < -0.3 is 5.32 Å². The van der Waals surface area contributed by atoms with Gasteiger partial charge >= 0.3 is 0 Å². The summed E-state index contributed by atoms with van der Waals surface area (Å²) < 4.78 is 0. The van der Waals surface area contributed by atoms with E-state index in [2.05, 4.69) is 29.6 Å². The van der Waals surface area contributed by atoms with E-state index in [0.717, 1.165) is 36.8 Å². The summed E-state index contributed by atoms with van der Waals surface area (Å²) in [6, 6.07) is 25.0. The average Bonchev–Trinajstić information content (AvgIpc) is 3.10. The van der Waals surface area contributed by atoms with Crippen LogP contribution in [0.2, 0.25) is 0 Å². The molecule has 0 fully saturated rings. The highest BCUT2D eigenvalue weighted by Gasteiger charge is 2.34. The van der Waals surface area contributed by atoms with Crippen LogP contribution in [-0.4, -0.2) is 29.2 Å². The maximum Gasteiger partial charge on any atom is 0.261 e. The first-order valence-electron chi connectivity index (χ1n) is 11.9. The molecular weight excluding hydrogens is 424 g/mol. The number of nitrogens with zero attached hydrogens (tertiary/aromatic N) is 1. The van der Waals surface area contributed by atoms with Crippen molar-refractivity contribution >= 4 is 17.7 Å². The molecule has 34 heavy (non-hydrogen) atoms. The van der Waals surface area contributed by atoms with Crippen molar-refractivity contribution < 1.29 is 14.4 Å². The Morgan fingerprint density at radius 1 is 0.735 bits per heavy atom. The molecule has 1 aliphatic rings. The average molecular weight is 455 g/mol. The molecule has 0 saturated heterocycles. The van der Waals surface area contributed by atoms with Crippen LogP contribution in [-0.2, 0) is 4.79 Å². The second-order valence-electron chi connectivity index (χ2n) is 8.79. The first-order chi connectivity index (χ1) is 16.5. The molecule has 0 saturated carbocycles. The van der Waals surface area contributed by atoms with Gasteiger partial charge in [-0.3, -0.25) is 19.3 Å². The summed E-state index contributed by atoms with van der Waals surface area (Å²) in [5.41, 5.74) is 4.28. The highest BCUT2D eigenvalue weighted by Crippen LogP contribution is 2.24. The molecule has 1 atom stereocenters. The topological polar surface area (TPSA) is 66.5 Å². The molecule has 5 heteroatoms. The van der Waals surface area contributed by atoms with Crippen LogP contribution in [0.15, 0.2) is 78.9 Å². The zero-order valence-corrected chi connectivity index (χ0v) is 19.5. The number of rotatable bonds is 10. The molecule has 0 unspecified atom stereocenters. The summed E-state index contributed by atoms with van der Waals surface area (Å²) in [5, 5.41) is 3.19. The minimum Gasteiger partial charge on any atom is -0.345 e. The fourth-order valence-corrected chi connectivity index (χ4v) is 4.35. The number of imide groups is 1. The number of unbranched alkanes of at least 4 members (excludes halogenated alkanes) is 3. The number of nitrogens with one attached hydrogen (secondary N) is 1. The summed E-state index contributed by atoms with van der Waals surface area (Å²) in [4.78, 5) is 38.9. The van der Waals surface area contributed by atoms with Gasteiger partial charge in [0.1, 0.15) is 0 Å². The van der Waals surface area contributed by atoms with Crippen molar-refractivity contribution in [3.63, 3.8) is 0 Å². The molecule has 1 heterocycles. The van der Waals surface area contributed by atoms with E-state index in [1.165, 1.54) is 10.5 Å². The molecule has 0 aliphatic carbocycles. The van der Waals surface area contributed by atoms with E-state index in [4.69, 9.17) is 0 Å². The molecule has 0 radical (unpaired) electrons. The van der Waals surface area contributed by atoms with Gasteiger partial charge in [0.05, 0.1) is 17.2 Å². The molecule has 0 bridgehead atoms. The normalized spacial score (nSPS) is 13.6. The lowest BCUT2D eigenvalue weighted by molar-refractivity contribution is -0.121. The van der Waals surface area contributed by atoms with E-state index in [9.17, 15) is 14.4 Å². The maximum atomic E-state index is 12.7. The van der Waals surface area contributed by atoms with Crippen LogP contribution in [0.4, 0.5) is 0 Å². The number of hydrogen-bond acceptors (Lipinski definition) is 3. The highest BCUT2D eigenvalue weighted by molar-refractivity contribution is 6.21. The lowest BCUT2D eigenvalue weighted by Crippen LogP contribution is -2.30. The van der Waals surface area contributed by atoms with E-state index in [1.54, 1.807) is 24.3 Å². The molecule has 1 aliphatic heterocycles. The van der Waals surface area contributed by atoms with E-state index in [0.29, 0.717) is 24.1 Å². The standard InChI is InChI=1S/C29H30N2O3/c1-21-16-18-23(19-17-21)27(22-11-5-4-6-12-22)30-26(32)15-7-2-3-10-20-31-28(33)24-13-8-9-14-25(24)29(31)34/h4-6,8-9,11-14,16-19,27H,2-3,7,10,15,20H2,1H3,(H,30,32)/t27-/m0/s1. The number of aryl methyl sites for hydroxylation is 1. The van der Waals surface area contributed by atoms with E-state index in [1.807, 2.05) is 37.3 Å². The largest absolute Gasteiger partial charge is 0.345 e. The molecule has 4 rings (SSSR count). The Balaban J connectivity index is 1.22. The summed E-state index contributed by atoms with van der Waals surface area (Å²) in [7, 11) is 0. The predicted octanol–water partition coefficient (Wildman–Crippen LogP) is 5.45. The number of carbonyl (C=O) groups excluding carboxylic acids is 3. The van der Waals surface area contributed by atoms with E-state index >= 15 is 0 Å². The van der Waals surface area contributed by atoms with Gasteiger partial charge in [-0.1, -0.05) is 85.1 Å². The Bertz CT molecular complexity index is 1120. The van der Waals surface area contributed by atoms with Gasteiger partial charge in [0, 0.05) is 13.0 Å². The van der Waals surface area contributed by atoms with Crippen molar-refractivity contribution in [3.05, 3.63) is 107 Å². The summed E-state index contributed by atoms with van der Waals surface area (Å²) in [6.07, 6.45) is 3.69. The molecule has 174 valence electrons. The SMILES string of the molecule is Cc1ccc([C@@H](NC(=O)CCCCCCN2C(=O)c3ccccc3C2=O)c2ccccc2)cc1. The monoisotopic (exact) mass is 454 g/mol. The van der Waals surface area contributed by atoms with Crippen LogP contribution in [0.5, 0.6) is 0 Å². The van der Waals surface area contributed by atoms with Gasteiger partial charge in [0.25, 0.3) is 11.8 Å². The molecule has 3 aromatic rings. The minimum absolute atomic E-state index is 0.0229. The molecular formula is C29H30N2O3. The van der Waals surface area contributed by atoms with Crippen LogP contribution in [0.1, 0.15) is 75.6 Å². The Labute approximate surface area is 200 Å². The number of amides is 3. The molecule has 3 amide bonds. The highest BCUT2D eigenvalue weighted by atomic mass is 16.2. The number of fused-ring (bicyclic) bond motifs is 1. The second kappa shape index (κ2) is 10.9. The van der Waals surface area contributed by atoms with Crippen molar-refractivity contribution in [1.29, 1.82) is 0 Å². The molecule has 3 aromatic carbocycles. The quantitative estimate of drug-likeness (QED) is 0.327. The number of hydrogen-bond donors (Lipinski definition) is 1. The second-order valence-corrected chi connectivity index (χ2v) is 8.79. The lowest BCUT2D eigenvalue weighted by atomic mass is 9.97. The summed E-state index contributed by atoms with van der Waals surface area (Å²) in [6.45, 7) is 2.47. The first-order valence-corrected chi connectivity index (χ1v) is 11.9. The van der Waals surface area contributed by atoms with Crippen molar-refractivity contribution in [2.45, 2.75) is 45.1 Å². The smallest absolute Gasteiger partial charge is 0.261 e. The fourth-order valence-electron chi connectivity index (χ4n) is 4.35.